The molecule has 0 saturated carbocycles. The molecule has 1 unspecified atom stereocenters. The lowest BCUT2D eigenvalue weighted by Crippen LogP contribution is -2.30. The second-order valence-corrected chi connectivity index (χ2v) is 5.05. The van der Waals surface area contributed by atoms with Crippen LogP contribution in [0.25, 0.3) is 6.08 Å². The van der Waals surface area contributed by atoms with Crippen LogP contribution in [-0.4, -0.2) is 16.9 Å². The maximum absolute atomic E-state index is 11.8. The average Bonchev–Trinajstić information content (AvgIpc) is 2.45. The van der Waals surface area contributed by atoms with Gasteiger partial charge in [-0.25, -0.2) is 0 Å². The fourth-order valence-electron chi connectivity index (χ4n) is 2.02. The van der Waals surface area contributed by atoms with Crippen molar-refractivity contribution < 1.29 is 9.72 Å². The van der Waals surface area contributed by atoms with Crippen molar-refractivity contribution in [1.82, 2.24) is 5.32 Å². The first-order chi connectivity index (χ1) is 10.0. The van der Waals surface area contributed by atoms with Gasteiger partial charge in [-0.1, -0.05) is 38.3 Å². The minimum absolute atomic E-state index is 0.00227. The van der Waals surface area contributed by atoms with E-state index in [4.69, 9.17) is 0 Å². The zero-order valence-corrected chi connectivity index (χ0v) is 12.5. The van der Waals surface area contributed by atoms with E-state index >= 15 is 0 Å². The molecule has 0 fully saturated rings. The molecule has 1 aromatic carbocycles. The molecule has 1 rings (SSSR count). The van der Waals surface area contributed by atoms with Crippen LogP contribution >= 0.6 is 0 Å². The van der Waals surface area contributed by atoms with Gasteiger partial charge in [0.2, 0.25) is 5.91 Å². The predicted molar refractivity (Wildman–Crippen MR) is 83.9 cm³/mol. The fourth-order valence-corrected chi connectivity index (χ4v) is 2.02. The van der Waals surface area contributed by atoms with Crippen molar-refractivity contribution in [2.45, 2.75) is 45.6 Å². The first-order valence-electron chi connectivity index (χ1n) is 7.26. The topological polar surface area (TPSA) is 72.2 Å². The molecular formula is C16H22N2O3. The lowest BCUT2D eigenvalue weighted by atomic mass is 10.1. The minimum Gasteiger partial charge on any atom is -0.350 e. The lowest BCUT2D eigenvalue weighted by Gasteiger charge is -2.11. The summed E-state index contributed by atoms with van der Waals surface area (Å²) in [4.78, 5) is 22.2. The van der Waals surface area contributed by atoms with Crippen LogP contribution in [0.5, 0.6) is 0 Å². The molecule has 0 aliphatic rings. The summed E-state index contributed by atoms with van der Waals surface area (Å²) in [6.07, 6.45) is 7.17. The molecule has 0 heterocycles. The summed E-state index contributed by atoms with van der Waals surface area (Å²) >= 11 is 0. The number of para-hydroxylation sites is 1. The van der Waals surface area contributed by atoms with Crippen molar-refractivity contribution in [3.8, 4) is 0 Å². The zero-order valence-electron chi connectivity index (χ0n) is 12.5. The van der Waals surface area contributed by atoms with Crippen LogP contribution in [0.1, 0.15) is 45.1 Å². The van der Waals surface area contributed by atoms with E-state index in [0.29, 0.717) is 5.56 Å². The standard InChI is InChI=1S/C16H22N2O3/c1-3-4-5-8-13(2)17-16(19)12-11-14-9-6-7-10-15(14)18(20)21/h6-7,9-13H,3-5,8H2,1-2H3,(H,17,19)/b12-11+. The number of nitro groups is 1. The number of nitrogens with one attached hydrogen (secondary N) is 1. The molecule has 0 bridgehead atoms. The molecule has 0 aliphatic heterocycles. The van der Waals surface area contributed by atoms with E-state index in [9.17, 15) is 14.9 Å². The Bertz CT molecular complexity index is 512. The van der Waals surface area contributed by atoms with Crippen LogP contribution in [0.15, 0.2) is 30.3 Å². The Labute approximate surface area is 125 Å². The Morgan fingerprint density at radius 3 is 2.76 bits per heavy atom. The number of nitrogens with zero attached hydrogens (tertiary/aromatic N) is 1. The highest BCUT2D eigenvalue weighted by molar-refractivity contribution is 5.92. The van der Waals surface area contributed by atoms with Gasteiger partial charge in [-0.05, 0) is 25.5 Å². The Hall–Kier alpha value is -2.17. The molecule has 1 aromatic rings. The summed E-state index contributed by atoms with van der Waals surface area (Å²) in [6, 6.07) is 6.46. The number of unbranched alkanes of at least 4 members (excludes halogenated alkanes) is 2. The van der Waals surface area contributed by atoms with Crippen LogP contribution < -0.4 is 5.32 Å². The average molecular weight is 290 g/mol. The van der Waals surface area contributed by atoms with Gasteiger partial charge in [0, 0.05) is 18.2 Å². The van der Waals surface area contributed by atoms with Crippen molar-refractivity contribution in [1.29, 1.82) is 0 Å². The van der Waals surface area contributed by atoms with E-state index < -0.39 is 4.92 Å². The molecule has 0 radical (unpaired) electrons. The molecule has 1 amide bonds. The smallest absolute Gasteiger partial charge is 0.276 e. The third-order valence-electron chi connectivity index (χ3n) is 3.18. The van der Waals surface area contributed by atoms with Gasteiger partial charge in [-0.15, -0.1) is 0 Å². The quantitative estimate of drug-likeness (QED) is 0.343. The summed E-state index contributed by atoms with van der Waals surface area (Å²) in [5, 5.41) is 13.7. The Kier molecular flexibility index (Phi) is 7.15. The van der Waals surface area contributed by atoms with Gasteiger partial charge in [-0.3, -0.25) is 14.9 Å². The highest BCUT2D eigenvalue weighted by Gasteiger charge is 2.10. The summed E-state index contributed by atoms with van der Waals surface area (Å²) in [7, 11) is 0. The van der Waals surface area contributed by atoms with Crippen molar-refractivity contribution in [2.24, 2.45) is 0 Å². The van der Waals surface area contributed by atoms with Gasteiger partial charge < -0.3 is 5.32 Å². The number of carbonyl (C=O) groups excluding carboxylic acids is 1. The monoisotopic (exact) mass is 290 g/mol. The highest BCUT2D eigenvalue weighted by atomic mass is 16.6. The maximum Gasteiger partial charge on any atom is 0.276 e. The largest absolute Gasteiger partial charge is 0.350 e. The summed E-state index contributed by atoms with van der Waals surface area (Å²) < 4.78 is 0. The number of amides is 1. The second kappa shape index (κ2) is 8.89. The number of hydrogen-bond donors (Lipinski definition) is 1. The SMILES string of the molecule is CCCCCC(C)NC(=O)/C=C/c1ccccc1[N+](=O)[O-]. The highest BCUT2D eigenvalue weighted by Crippen LogP contribution is 2.18. The van der Waals surface area contributed by atoms with Crippen LogP contribution in [-0.2, 0) is 4.79 Å². The van der Waals surface area contributed by atoms with Gasteiger partial charge in [0.25, 0.3) is 5.69 Å². The molecule has 21 heavy (non-hydrogen) atoms. The van der Waals surface area contributed by atoms with Gasteiger partial charge >= 0.3 is 0 Å². The molecule has 0 aromatic heterocycles. The first-order valence-corrected chi connectivity index (χ1v) is 7.26. The van der Waals surface area contributed by atoms with Gasteiger partial charge in [0.15, 0.2) is 0 Å². The number of nitro benzene ring substituents is 1. The van der Waals surface area contributed by atoms with Crippen LogP contribution in [0.4, 0.5) is 5.69 Å². The van der Waals surface area contributed by atoms with E-state index in [1.807, 2.05) is 6.92 Å². The molecule has 0 saturated heterocycles. The molecule has 1 atom stereocenters. The van der Waals surface area contributed by atoms with Gasteiger partial charge in [-0.2, -0.15) is 0 Å². The van der Waals surface area contributed by atoms with Crippen LogP contribution in [0.2, 0.25) is 0 Å². The molecule has 1 N–H and O–H groups in total. The Balaban J connectivity index is 2.56. The van der Waals surface area contributed by atoms with Crippen molar-refractivity contribution in [3.05, 3.63) is 46.0 Å². The Morgan fingerprint density at radius 2 is 2.10 bits per heavy atom. The minimum atomic E-state index is -0.453. The van der Waals surface area contributed by atoms with E-state index in [1.165, 1.54) is 18.2 Å². The van der Waals surface area contributed by atoms with E-state index in [1.54, 1.807) is 18.2 Å². The molecule has 5 heteroatoms. The maximum atomic E-state index is 11.8. The van der Waals surface area contributed by atoms with E-state index in [-0.39, 0.29) is 17.6 Å². The number of benzene rings is 1. The first kappa shape index (κ1) is 16.9. The number of hydrogen-bond acceptors (Lipinski definition) is 3. The summed E-state index contributed by atoms with van der Waals surface area (Å²) in [6.45, 7) is 4.10. The second-order valence-electron chi connectivity index (χ2n) is 5.05. The molecular weight excluding hydrogens is 268 g/mol. The number of rotatable bonds is 8. The summed E-state index contributed by atoms with van der Waals surface area (Å²) in [5.41, 5.74) is 0.425. The van der Waals surface area contributed by atoms with E-state index in [2.05, 4.69) is 12.2 Å². The normalized spacial score (nSPS) is 12.3. The predicted octanol–water partition coefficient (Wildman–Crippen LogP) is 3.69. The molecule has 5 nitrogen and oxygen atoms in total. The van der Waals surface area contributed by atoms with Gasteiger partial charge in [0.1, 0.15) is 0 Å². The Morgan fingerprint density at radius 1 is 1.38 bits per heavy atom. The summed E-state index contributed by atoms with van der Waals surface area (Å²) in [5.74, 6) is -0.225. The van der Waals surface area contributed by atoms with Crippen molar-refractivity contribution >= 4 is 17.7 Å². The lowest BCUT2D eigenvalue weighted by molar-refractivity contribution is -0.385. The third kappa shape index (κ3) is 6.21. The van der Waals surface area contributed by atoms with E-state index in [0.717, 1.165) is 25.7 Å². The molecule has 0 aliphatic carbocycles. The molecule has 0 spiro atoms. The van der Waals surface area contributed by atoms with Gasteiger partial charge in [0.05, 0.1) is 10.5 Å². The zero-order chi connectivity index (χ0) is 15.7. The fraction of sp³-hybridized carbons (Fsp3) is 0.438. The third-order valence-corrected chi connectivity index (χ3v) is 3.18. The van der Waals surface area contributed by atoms with Crippen LogP contribution in [0.3, 0.4) is 0 Å². The molecule has 114 valence electrons. The van der Waals surface area contributed by atoms with Crippen LogP contribution in [0, 0.1) is 10.1 Å². The number of carbonyl (C=O) groups is 1. The van der Waals surface area contributed by atoms with Crippen molar-refractivity contribution in [3.63, 3.8) is 0 Å². The van der Waals surface area contributed by atoms with Crippen molar-refractivity contribution in [2.75, 3.05) is 0 Å².